The molecule has 0 aromatic carbocycles. The molecule has 1 aromatic heterocycles. The third-order valence-electron chi connectivity index (χ3n) is 3.89. The molecule has 2 aliphatic rings. The van der Waals surface area contributed by atoms with Crippen LogP contribution in [0.25, 0.3) is 0 Å². The van der Waals surface area contributed by atoms with Crippen LogP contribution in [-0.4, -0.2) is 41.1 Å². The molecule has 3 heterocycles. The second-order valence-electron chi connectivity index (χ2n) is 4.96. The quantitative estimate of drug-likeness (QED) is 0.835. The lowest BCUT2D eigenvalue weighted by Crippen LogP contribution is -2.29. The van der Waals surface area contributed by atoms with E-state index in [2.05, 4.69) is 20.1 Å². The highest BCUT2D eigenvalue weighted by molar-refractivity contribution is 5.00. The van der Waals surface area contributed by atoms with E-state index in [-0.39, 0.29) is 0 Å². The average Bonchev–Trinajstić information content (AvgIpc) is 2.90. The Kier molecular flexibility index (Phi) is 3.38. The summed E-state index contributed by atoms with van der Waals surface area (Å²) in [6.07, 6.45) is 6.46. The Morgan fingerprint density at radius 1 is 1.18 bits per heavy atom. The lowest BCUT2D eigenvalue weighted by molar-refractivity contribution is 0.0682. The molecule has 5 nitrogen and oxygen atoms in total. The fraction of sp³-hybridized carbons (Fsp3) is 0.833. The monoisotopic (exact) mass is 236 g/mol. The zero-order chi connectivity index (χ0) is 11.5. The maximum atomic E-state index is 5.42. The maximum Gasteiger partial charge on any atom is 0.136 e. The van der Waals surface area contributed by atoms with Crippen LogP contribution in [0.3, 0.4) is 0 Å². The number of aromatic nitrogens is 3. The van der Waals surface area contributed by atoms with Gasteiger partial charge in [-0.1, -0.05) is 0 Å². The molecular formula is C12H20N4O. The Morgan fingerprint density at radius 2 is 1.94 bits per heavy atom. The van der Waals surface area contributed by atoms with E-state index in [4.69, 9.17) is 4.74 Å². The summed E-state index contributed by atoms with van der Waals surface area (Å²) in [5, 5.41) is 11.9. The molecule has 2 aliphatic heterocycles. The standard InChI is InChI=1S/C12H20N4O/c1-5-13-6-2-10(1)12-15-14-9-16(12)11-3-7-17-8-4-11/h9-11,13H,1-8H2. The minimum atomic E-state index is 0.545. The largest absolute Gasteiger partial charge is 0.381 e. The maximum absolute atomic E-state index is 5.42. The number of hydrogen-bond acceptors (Lipinski definition) is 4. The van der Waals surface area contributed by atoms with Gasteiger partial charge in [0.25, 0.3) is 0 Å². The summed E-state index contributed by atoms with van der Waals surface area (Å²) in [4.78, 5) is 0. The van der Waals surface area contributed by atoms with Crippen LogP contribution < -0.4 is 5.32 Å². The van der Waals surface area contributed by atoms with Crippen molar-refractivity contribution in [1.29, 1.82) is 0 Å². The van der Waals surface area contributed by atoms with Gasteiger partial charge in [0.15, 0.2) is 0 Å². The summed E-state index contributed by atoms with van der Waals surface area (Å²) < 4.78 is 7.72. The molecule has 0 saturated carbocycles. The summed E-state index contributed by atoms with van der Waals surface area (Å²) in [6, 6.07) is 0.545. The highest BCUT2D eigenvalue weighted by Gasteiger charge is 2.24. The molecule has 0 amide bonds. The van der Waals surface area contributed by atoms with Gasteiger partial charge >= 0.3 is 0 Å². The van der Waals surface area contributed by atoms with E-state index >= 15 is 0 Å². The molecular weight excluding hydrogens is 216 g/mol. The Balaban J connectivity index is 1.77. The fourth-order valence-electron chi connectivity index (χ4n) is 2.87. The second kappa shape index (κ2) is 5.14. The van der Waals surface area contributed by atoms with Gasteiger partial charge in [-0.05, 0) is 38.8 Å². The van der Waals surface area contributed by atoms with Crippen molar-refractivity contribution in [2.45, 2.75) is 37.6 Å². The molecule has 0 aliphatic carbocycles. The van der Waals surface area contributed by atoms with Gasteiger partial charge < -0.3 is 14.6 Å². The third kappa shape index (κ3) is 2.35. The molecule has 2 fully saturated rings. The SMILES string of the molecule is c1nnc(C2CCNCC2)n1C1CCOCC1. The van der Waals surface area contributed by atoms with Crippen molar-refractivity contribution < 1.29 is 4.74 Å². The first kappa shape index (κ1) is 11.2. The summed E-state index contributed by atoms with van der Waals surface area (Å²) in [5.41, 5.74) is 0. The van der Waals surface area contributed by atoms with Crippen molar-refractivity contribution in [2.75, 3.05) is 26.3 Å². The van der Waals surface area contributed by atoms with E-state index in [1.807, 2.05) is 6.33 Å². The van der Waals surface area contributed by atoms with Gasteiger partial charge in [0.1, 0.15) is 12.2 Å². The topological polar surface area (TPSA) is 52.0 Å². The first-order chi connectivity index (χ1) is 8.45. The van der Waals surface area contributed by atoms with Crippen molar-refractivity contribution >= 4 is 0 Å². The molecule has 17 heavy (non-hydrogen) atoms. The Hall–Kier alpha value is -0.940. The number of ether oxygens (including phenoxy) is 1. The minimum absolute atomic E-state index is 0.545. The third-order valence-corrected chi connectivity index (χ3v) is 3.89. The van der Waals surface area contributed by atoms with E-state index < -0.39 is 0 Å². The van der Waals surface area contributed by atoms with Crippen molar-refractivity contribution in [2.24, 2.45) is 0 Å². The van der Waals surface area contributed by atoms with Gasteiger partial charge in [0.05, 0.1) is 0 Å². The predicted molar refractivity (Wildman–Crippen MR) is 64.0 cm³/mol. The lowest BCUT2D eigenvalue weighted by Gasteiger charge is -2.28. The van der Waals surface area contributed by atoms with Crippen LogP contribution in [0.15, 0.2) is 6.33 Å². The van der Waals surface area contributed by atoms with Crippen LogP contribution in [0.4, 0.5) is 0 Å². The Labute approximate surface area is 102 Å². The normalized spacial score (nSPS) is 24.0. The van der Waals surface area contributed by atoms with Crippen LogP contribution in [0.5, 0.6) is 0 Å². The van der Waals surface area contributed by atoms with Gasteiger partial charge in [-0.3, -0.25) is 0 Å². The predicted octanol–water partition coefficient (Wildman–Crippen LogP) is 1.10. The first-order valence-electron chi connectivity index (χ1n) is 6.63. The molecule has 0 bridgehead atoms. The van der Waals surface area contributed by atoms with E-state index in [1.54, 1.807) is 0 Å². The molecule has 0 unspecified atom stereocenters. The van der Waals surface area contributed by atoms with Gasteiger partial charge in [-0.25, -0.2) is 0 Å². The molecule has 94 valence electrons. The number of hydrogen-bond donors (Lipinski definition) is 1. The van der Waals surface area contributed by atoms with Crippen molar-refractivity contribution in [3.63, 3.8) is 0 Å². The Morgan fingerprint density at radius 3 is 2.71 bits per heavy atom. The molecule has 1 aromatic rings. The first-order valence-corrected chi connectivity index (χ1v) is 6.63. The molecule has 2 saturated heterocycles. The van der Waals surface area contributed by atoms with Crippen LogP contribution in [0.2, 0.25) is 0 Å². The molecule has 3 rings (SSSR count). The van der Waals surface area contributed by atoms with Crippen molar-refractivity contribution in [3.8, 4) is 0 Å². The van der Waals surface area contributed by atoms with Crippen molar-refractivity contribution in [3.05, 3.63) is 12.2 Å². The van der Waals surface area contributed by atoms with Crippen LogP contribution in [-0.2, 0) is 4.74 Å². The zero-order valence-corrected chi connectivity index (χ0v) is 10.1. The average molecular weight is 236 g/mol. The van der Waals surface area contributed by atoms with Crippen LogP contribution in [0.1, 0.15) is 43.5 Å². The number of rotatable bonds is 2. The van der Waals surface area contributed by atoms with Gasteiger partial charge in [-0.2, -0.15) is 0 Å². The highest BCUT2D eigenvalue weighted by Crippen LogP contribution is 2.28. The molecule has 5 heteroatoms. The summed E-state index contributed by atoms with van der Waals surface area (Å²) in [6.45, 7) is 3.94. The zero-order valence-electron chi connectivity index (χ0n) is 10.1. The second-order valence-corrected chi connectivity index (χ2v) is 4.96. The smallest absolute Gasteiger partial charge is 0.136 e. The Bertz CT molecular complexity index is 321. The van der Waals surface area contributed by atoms with Gasteiger partial charge in [-0.15, -0.1) is 10.2 Å². The van der Waals surface area contributed by atoms with Crippen LogP contribution in [0, 0.1) is 0 Å². The number of nitrogens with one attached hydrogen (secondary N) is 1. The van der Waals surface area contributed by atoms with Crippen LogP contribution >= 0.6 is 0 Å². The molecule has 0 radical (unpaired) electrons. The van der Waals surface area contributed by atoms with Gasteiger partial charge in [0, 0.05) is 25.2 Å². The van der Waals surface area contributed by atoms with E-state index in [0.717, 1.165) is 39.1 Å². The van der Waals surface area contributed by atoms with E-state index in [9.17, 15) is 0 Å². The summed E-state index contributed by atoms with van der Waals surface area (Å²) >= 11 is 0. The highest BCUT2D eigenvalue weighted by atomic mass is 16.5. The summed E-state index contributed by atoms with van der Waals surface area (Å²) in [7, 11) is 0. The fourth-order valence-corrected chi connectivity index (χ4v) is 2.87. The number of nitrogens with zero attached hydrogens (tertiary/aromatic N) is 3. The number of piperidine rings is 1. The summed E-state index contributed by atoms with van der Waals surface area (Å²) in [5.74, 6) is 1.78. The van der Waals surface area contributed by atoms with E-state index in [0.29, 0.717) is 12.0 Å². The van der Waals surface area contributed by atoms with Crippen molar-refractivity contribution in [1.82, 2.24) is 20.1 Å². The lowest BCUT2D eigenvalue weighted by atomic mass is 9.96. The van der Waals surface area contributed by atoms with Gasteiger partial charge in [0.2, 0.25) is 0 Å². The molecule has 1 N–H and O–H groups in total. The van der Waals surface area contributed by atoms with E-state index in [1.165, 1.54) is 18.7 Å². The minimum Gasteiger partial charge on any atom is -0.381 e. The molecule has 0 atom stereocenters. The molecule has 0 spiro atoms.